The molecular weight excluding hydrogens is 506 g/mol. The number of piperidine rings is 1. The second kappa shape index (κ2) is 12.2. The molecule has 0 spiro atoms. The normalized spacial score (nSPS) is 18.1. The zero-order valence-corrected chi connectivity index (χ0v) is 23.0. The van der Waals surface area contributed by atoms with Crippen molar-refractivity contribution in [3.8, 4) is 11.5 Å². The lowest BCUT2D eigenvalue weighted by Crippen LogP contribution is -2.50. The largest absolute Gasteiger partial charge is 0.497 e. The molecule has 1 N–H and O–H groups in total. The summed E-state index contributed by atoms with van der Waals surface area (Å²) >= 11 is 0. The number of carbonyl (C=O) groups excluding carboxylic acids is 2. The molecule has 5 rings (SSSR count). The Morgan fingerprint density at radius 3 is 2.58 bits per heavy atom. The van der Waals surface area contributed by atoms with Gasteiger partial charge in [0.15, 0.2) is 0 Å². The summed E-state index contributed by atoms with van der Waals surface area (Å²) in [6, 6.07) is 19.6. The summed E-state index contributed by atoms with van der Waals surface area (Å²) in [5.41, 5.74) is 2.31. The van der Waals surface area contributed by atoms with Crippen LogP contribution < -0.4 is 20.3 Å². The molecule has 1 aromatic heterocycles. The van der Waals surface area contributed by atoms with Gasteiger partial charge in [-0.15, -0.1) is 0 Å². The lowest BCUT2D eigenvalue weighted by atomic mass is 9.83. The first-order valence-corrected chi connectivity index (χ1v) is 13.8. The molecule has 1 saturated heterocycles. The monoisotopic (exact) mass is 541 g/mol. The molecule has 2 atom stereocenters. The SMILES string of the molecule is CCCCOc1ccc(C(=O)N/C(=C\c2cccc(OC)c2)C(=O)N2CC3CC(C2)c2cccc(=O)n2C3)cc1. The van der Waals surface area contributed by atoms with Crippen LogP contribution in [0.15, 0.2) is 77.2 Å². The van der Waals surface area contributed by atoms with E-state index in [2.05, 4.69) is 12.2 Å². The molecule has 0 saturated carbocycles. The molecule has 2 aliphatic heterocycles. The Morgan fingerprint density at radius 1 is 1.00 bits per heavy atom. The number of unbranched alkanes of at least 4 members (excludes halogenated alkanes) is 1. The molecule has 3 aromatic rings. The lowest BCUT2D eigenvalue weighted by molar-refractivity contribution is -0.130. The summed E-state index contributed by atoms with van der Waals surface area (Å²) < 4.78 is 12.9. The van der Waals surface area contributed by atoms with E-state index in [-0.39, 0.29) is 34.9 Å². The molecule has 2 bridgehead atoms. The van der Waals surface area contributed by atoms with Gasteiger partial charge in [-0.25, -0.2) is 0 Å². The van der Waals surface area contributed by atoms with Crippen molar-refractivity contribution in [1.29, 1.82) is 0 Å². The van der Waals surface area contributed by atoms with Crippen molar-refractivity contribution in [3.05, 3.63) is 99.6 Å². The number of hydrogen-bond acceptors (Lipinski definition) is 5. The minimum atomic E-state index is -0.378. The van der Waals surface area contributed by atoms with Crippen LogP contribution in [0.5, 0.6) is 11.5 Å². The molecule has 0 aliphatic carbocycles. The third-order valence-electron chi connectivity index (χ3n) is 7.53. The highest BCUT2D eigenvalue weighted by Crippen LogP contribution is 2.35. The number of nitrogens with zero attached hydrogens (tertiary/aromatic N) is 2. The highest BCUT2D eigenvalue weighted by atomic mass is 16.5. The number of amides is 2. The number of fused-ring (bicyclic) bond motifs is 4. The van der Waals surface area contributed by atoms with Gasteiger partial charge in [0.25, 0.3) is 17.4 Å². The fourth-order valence-corrected chi connectivity index (χ4v) is 5.51. The van der Waals surface area contributed by atoms with Gasteiger partial charge in [0.05, 0.1) is 13.7 Å². The number of rotatable bonds is 9. The number of pyridine rings is 1. The molecule has 3 heterocycles. The number of ether oxygens (including phenoxy) is 2. The van der Waals surface area contributed by atoms with Crippen LogP contribution in [0.2, 0.25) is 0 Å². The third-order valence-corrected chi connectivity index (χ3v) is 7.53. The summed E-state index contributed by atoms with van der Waals surface area (Å²) in [6.45, 7) is 4.31. The average molecular weight is 542 g/mol. The van der Waals surface area contributed by atoms with Gasteiger partial charge in [0, 0.05) is 42.9 Å². The number of methoxy groups -OCH3 is 1. The number of benzene rings is 2. The van der Waals surface area contributed by atoms with Crippen molar-refractivity contribution < 1.29 is 19.1 Å². The van der Waals surface area contributed by atoms with E-state index in [1.807, 2.05) is 34.9 Å². The summed E-state index contributed by atoms with van der Waals surface area (Å²) in [4.78, 5) is 41.5. The molecule has 2 aromatic carbocycles. The van der Waals surface area contributed by atoms with Crippen LogP contribution in [0, 0.1) is 5.92 Å². The molecule has 1 fully saturated rings. The van der Waals surface area contributed by atoms with E-state index in [1.165, 1.54) is 0 Å². The van der Waals surface area contributed by atoms with Crippen LogP contribution in [0.4, 0.5) is 0 Å². The van der Waals surface area contributed by atoms with Crippen LogP contribution in [0.1, 0.15) is 53.7 Å². The topological polar surface area (TPSA) is 89.9 Å². The minimum Gasteiger partial charge on any atom is -0.497 e. The second-order valence-electron chi connectivity index (χ2n) is 10.4. The highest BCUT2D eigenvalue weighted by Gasteiger charge is 2.37. The summed E-state index contributed by atoms with van der Waals surface area (Å²) in [7, 11) is 1.59. The number of likely N-dealkylation sites (tertiary alicyclic amines) is 1. The fourth-order valence-electron chi connectivity index (χ4n) is 5.51. The smallest absolute Gasteiger partial charge is 0.270 e. The molecule has 40 heavy (non-hydrogen) atoms. The molecule has 2 aliphatic rings. The van der Waals surface area contributed by atoms with Crippen LogP contribution in [0.3, 0.4) is 0 Å². The average Bonchev–Trinajstić information content (AvgIpc) is 2.97. The standard InChI is InChI=1S/C32H35N3O5/c1-3-4-15-40-26-13-11-24(12-14-26)31(37)33-28(18-22-7-5-8-27(17-22)39-2)32(38)34-19-23-16-25(21-34)29-9-6-10-30(36)35(29)20-23/h5-14,17-18,23,25H,3-4,15-16,19-21H2,1-2H3,(H,33,37)/b28-18-. The van der Waals surface area contributed by atoms with Crippen molar-refractivity contribution in [2.45, 2.75) is 38.6 Å². The first kappa shape index (κ1) is 27.2. The molecule has 0 radical (unpaired) electrons. The van der Waals surface area contributed by atoms with Crippen molar-refractivity contribution in [2.24, 2.45) is 5.92 Å². The van der Waals surface area contributed by atoms with E-state index in [1.54, 1.807) is 54.5 Å². The Morgan fingerprint density at radius 2 is 1.80 bits per heavy atom. The Bertz CT molecular complexity index is 1460. The van der Waals surface area contributed by atoms with E-state index in [0.717, 1.165) is 30.5 Å². The first-order valence-electron chi connectivity index (χ1n) is 13.8. The van der Waals surface area contributed by atoms with Gasteiger partial charge in [-0.05, 0) is 72.9 Å². The Hall–Kier alpha value is -4.33. The third kappa shape index (κ3) is 6.11. The minimum absolute atomic E-state index is 0.000341. The summed E-state index contributed by atoms with van der Waals surface area (Å²) in [5.74, 6) is 0.963. The van der Waals surface area contributed by atoms with Crippen molar-refractivity contribution in [2.75, 3.05) is 26.8 Å². The zero-order valence-electron chi connectivity index (χ0n) is 23.0. The fraction of sp³-hybridized carbons (Fsp3) is 0.344. The maximum absolute atomic E-state index is 14.0. The Kier molecular flexibility index (Phi) is 8.34. The van der Waals surface area contributed by atoms with Gasteiger partial charge in [0.1, 0.15) is 17.2 Å². The van der Waals surface area contributed by atoms with Gasteiger partial charge in [-0.3, -0.25) is 14.4 Å². The molecular formula is C32H35N3O5. The Labute approximate surface area is 234 Å². The molecule has 8 nitrogen and oxygen atoms in total. The number of hydrogen-bond donors (Lipinski definition) is 1. The van der Waals surface area contributed by atoms with Gasteiger partial charge >= 0.3 is 0 Å². The van der Waals surface area contributed by atoms with E-state index in [9.17, 15) is 14.4 Å². The van der Waals surface area contributed by atoms with E-state index < -0.39 is 0 Å². The van der Waals surface area contributed by atoms with Crippen LogP contribution in [-0.4, -0.2) is 48.1 Å². The van der Waals surface area contributed by atoms with Crippen LogP contribution in [-0.2, 0) is 11.3 Å². The van der Waals surface area contributed by atoms with E-state index in [0.29, 0.717) is 43.3 Å². The maximum atomic E-state index is 14.0. The predicted octanol–water partition coefficient (Wildman–Crippen LogP) is 4.45. The number of carbonyl (C=O) groups is 2. The van der Waals surface area contributed by atoms with Crippen LogP contribution in [0.25, 0.3) is 6.08 Å². The highest BCUT2D eigenvalue weighted by molar-refractivity contribution is 6.05. The molecule has 8 heteroatoms. The molecule has 208 valence electrons. The van der Waals surface area contributed by atoms with Crippen molar-refractivity contribution >= 4 is 17.9 Å². The second-order valence-corrected chi connectivity index (χ2v) is 10.4. The summed E-state index contributed by atoms with van der Waals surface area (Å²) in [5, 5.41) is 2.88. The van der Waals surface area contributed by atoms with Gasteiger partial charge in [-0.1, -0.05) is 31.5 Å². The summed E-state index contributed by atoms with van der Waals surface area (Å²) in [6.07, 6.45) is 4.62. The van der Waals surface area contributed by atoms with Crippen molar-refractivity contribution in [1.82, 2.24) is 14.8 Å². The van der Waals surface area contributed by atoms with Crippen LogP contribution >= 0.6 is 0 Å². The molecule has 2 unspecified atom stereocenters. The van der Waals surface area contributed by atoms with Gasteiger partial charge in [-0.2, -0.15) is 0 Å². The van der Waals surface area contributed by atoms with Crippen molar-refractivity contribution in [3.63, 3.8) is 0 Å². The maximum Gasteiger partial charge on any atom is 0.270 e. The van der Waals surface area contributed by atoms with Gasteiger partial charge < -0.3 is 24.3 Å². The lowest BCUT2D eigenvalue weighted by Gasteiger charge is -2.43. The number of aromatic nitrogens is 1. The Balaban J connectivity index is 1.39. The van der Waals surface area contributed by atoms with E-state index in [4.69, 9.17) is 9.47 Å². The quantitative estimate of drug-likeness (QED) is 0.319. The van der Waals surface area contributed by atoms with Gasteiger partial charge in [0.2, 0.25) is 0 Å². The number of nitrogens with one attached hydrogen (secondary N) is 1. The molecule has 2 amide bonds. The zero-order chi connectivity index (χ0) is 28.1. The first-order chi connectivity index (χ1) is 19.4. The van der Waals surface area contributed by atoms with E-state index >= 15 is 0 Å². The predicted molar refractivity (Wildman–Crippen MR) is 153 cm³/mol.